The molecule has 0 aliphatic heterocycles. The summed E-state index contributed by atoms with van der Waals surface area (Å²) in [6, 6.07) is 5.08. The van der Waals surface area contributed by atoms with E-state index < -0.39 is 5.54 Å². The number of ether oxygens (including phenoxy) is 1. The number of esters is 1. The summed E-state index contributed by atoms with van der Waals surface area (Å²) >= 11 is 11.9. The van der Waals surface area contributed by atoms with Crippen molar-refractivity contribution in [2.24, 2.45) is 0 Å². The summed E-state index contributed by atoms with van der Waals surface area (Å²) in [5.74, 6) is -0.572. The summed E-state index contributed by atoms with van der Waals surface area (Å²) in [6.45, 7) is 0. The first kappa shape index (κ1) is 18.1. The molecule has 1 aromatic rings. The standard InChI is InChI=1S/C17H21Cl2NO3/c1-23-16(22)17(8-4-2-3-5-9-17)20-15(21)11-12-6-7-13(18)14(19)10-12/h6-7,10H,2-5,8-9,11H2,1H3,(H,20,21). The summed E-state index contributed by atoms with van der Waals surface area (Å²) < 4.78 is 4.94. The SMILES string of the molecule is COC(=O)C1(NC(=O)Cc2ccc(Cl)c(Cl)c2)CCCCCC1. The van der Waals surface area contributed by atoms with E-state index in [-0.39, 0.29) is 18.3 Å². The van der Waals surface area contributed by atoms with Crippen LogP contribution in [-0.4, -0.2) is 24.5 Å². The van der Waals surface area contributed by atoms with Gasteiger partial charge in [-0.1, -0.05) is 55.0 Å². The number of hydrogen-bond acceptors (Lipinski definition) is 3. The highest BCUT2D eigenvalue weighted by Crippen LogP contribution is 2.29. The van der Waals surface area contributed by atoms with Gasteiger partial charge in [0.15, 0.2) is 0 Å². The quantitative estimate of drug-likeness (QED) is 0.656. The van der Waals surface area contributed by atoms with Gasteiger partial charge in [0.05, 0.1) is 23.6 Å². The number of carbonyl (C=O) groups excluding carboxylic acids is 2. The van der Waals surface area contributed by atoms with Crippen LogP contribution in [-0.2, 0) is 20.7 Å². The number of rotatable bonds is 4. The Morgan fingerprint density at radius 1 is 1.13 bits per heavy atom. The largest absolute Gasteiger partial charge is 0.467 e. The molecule has 2 rings (SSSR count). The van der Waals surface area contributed by atoms with Gasteiger partial charge < -0.3 is 10.1 Å². The van der Waals surface area contributed by atoms with E-state index in [4.69, 9.17) is 27.9 Å². The summed E-state index contributed by atoms with van der Waals surface area (Å²) in [6.07, 6.45) is 5.34. The summed E-state index contributed by atoms with van der Waals surface area (Å²) in [7, 11) is 1.36. The van der Waals surface area contributed by atoms with Crippen LogP contribution in [0.15, 0.2) is 18.2 Å². The molecule has 0 unspecified atom stereocenters. The second kappa shape index (κ2) is 8.02. The number of hydrogen-bond donors (Lipinski definition) is 1. The number of halogens is 2. The molecule has 0 radical (unpaired) electrons. The molecular formula is C17H21Cl2NO3. The first-order valence-electron chi connectivity index (χ1n) is 7.80. The van der Waals surface area contributed by atoms with Crippen LogP contribution < -0.4 is 5.32 Å². The molecule has 0 bridgehead atoms. The van der Waals surface area contributed by atoms with Crippen LogP contribution in [0.3, 0.4) is 0 Å². The smallest absolute Gasteiger partial charge is 0.331 e. The van der Waals surface area contributed by atoms with Crippen molar-refractivity contribution in [3.63, 3.8) is 0 Å². The van der Waals surface area contributed by atoms with Crippen LogP contribution in [0.2, 0.25) is 10.0 Å². The van der Waals surface area contributed by atoms with E-state index in [9.17, 15) is 9.59 Å². The lowest BCUT2D eigenvalue weighted by Gasteiger charge is -2.31. The Balaban J connectivity index is 2.10. The first-order chi connectivity index (χ1) is 11.0. The molecule has 0 atom stereocenters. The van der Waals surface area contributed by atoms with Crippen molar-refractivity contribution in [2.45, 2.75) is 50.5 Å². The third kappa shape index (κ3) is 4.61. The third-order valence-corrected chi connectivity index (χ3v) is 5.00. The average molecular weight is 358 g/mol. The van der Waals surface area contributed by atoms with E-state index in [2.05, 4.69) is 5.32 Å². The minimum Gasteiger partial charge on any atom is -0.467 e. The minimum atomic E-state index is -0.904. The Morgan fingerprint density at radius 2 is 1.78 bits per heavy atom. The van der Waals surface area contributed by atoms with Crippen molar-refractivity contribution in [3.8, 4) is 0 Å². The predicted molar refractivity (Wildman–Crippen MR) is 90.8 cm³/mol. The van der Waals surface area contributed by atoms with Crippen molar-refractivity contribution in [1.82, 2.24) is 5.32 Å². The zero-order valence-corrected chi connectivity index (χ0v) is 14.7. The highest BCUT2D eigenvalue weighted by Gasteiger charge is 2.40. The van der Waals surface area contributed by atoms with Gasteiger partial charge in [0.2, 0.25) is 5.91 Å². The zero-order valence-electron chi connectivity index (χ0n) is 13.2. The van der Waals surface area contributed by atoms with Crippen molar-refractivity contribution in [2.75, 3.05) is 7.11 Å². The van der Waals surface area contributed by atoms with E-state index in [1.165, 1.54) is 7.11 Å². The molecule has 1 aromatic carbocycles. The lowest BCUT2D eigenvalue weighted by Crippen LogP contribution is -2.55. The number of benzene rings is 1. The molecule has 1 amide bonds. The van der Waals surface area contributed by atoms with E-state index in [1.54, 1.807) is 18.2 Å². The molecule has 6 heteroatoms. The fourth-order valence-corrected chi connectivity index (χ4v) is 3.37. The molecule has 1 aliphatic rings. The number of nitrogens with one attached hydrogen (secondary N) is 1. The Morgan fingerprint density at radius 3 is 2.35 bits per heavy atom. The zero-order chi connectivity index (χ0) is 16.9. The van der Waals surface area contributed by atoms with Crippen molar-refractivity contribution >= 4 is 35.1 Å². The average Bonchev–Trinajstić information content (AvgIpc) is 2.76. The molecule has 126 valence electrons. The third-order valence-electron chi connectivity index (χ3n) is 4.26. The van der Waals surface area contributed by atoms with Gasteiger partial charge >= 0.3 is 5.97 Å². The van der Waals surface area contributed by atoms with Gasteiger partial charge in [0.25, 0.3) is 0 Å². The van der Waals surface area contributed by atoms with Crippen molar-refractivity contribution in [3.05, 3.63) is 33.8 Å². The van der Waals surface area contributed by atoms with Gasteiger partial charge in [-0.15, -0.1) is 0 Å². The minimum absolute atomic E-state index is 0.148. The number of methoxy groups -OCH3 is 1. The molecule has 1 saturated carbocycles. The Hall–Kier alpha value is -1.26. The van der Waals surface area contributed by atoms with Gasteiger partial charge in [-0.05, 0) is 30.5 Å². The molecule has 1 aliphatic carbocycles. The highest BCUT2D eigenvalue weighted by molar-refractivity contribution is 6.42. The summed E-state index contributed by atoms with van der Waals surface area (Å²) in [5.41, 5.74) is -0.149. The van der Waals surface area contributed by atoms with Gasteiger partial charge in [0.1, 0.15) is 5.54 Å². The maximum absolute atomic E-state index is 12.4. The van der Waals surface area contributed by atoms with Gasteiger partial charge in [-0.3, -0.25) is 4.79 Å². The Labute approximate surface area is 146 Å². The van der Waals surface area contributed by atoms with Crippen molar-refractivity contribution < 1.29 is 14.3 Å². The second-order valence-corrected chi connectivity index (χ2v) is 6.78. The molecule has 4 nitrogen and oxygen atoms in total. The van der Waals surface area contributed by atoms with E-state index in [0.29, 0.717) is 22.9 Å². The number of carbonyl (C=O) groups is 2. The second-order valence-electron chi connectivity index (χ2n) is 5.96. The van der Waals surface area contributed by atoms with Crippen LogP contribution in [0.1, 0.15) is 44.1 Å². The van der Waals surface area contributed by atoms with Gasteiger partial charge in [0, 0.05) is 0 Å². The molecule has 23 heavy (non-hydrogen) atoms. The lowest BCUT2D eigenvalue weighted by molar-refractivity contribution is -0.151. The molecule has 1 fully saturated rings. The Kier molecular flexibility index (Phi) is 6.31. The predicted octanol–water partition coefficient (Wildman–Crippen LogP) is 3.92. The maximum atomic E-state index is 12.4. The van der Waals surface area contributed by atoms with Crippen LogP contribution in [0.4, 0.5) is 0 Å². The molecule has 1 N–H and O–H groups in total. The van der Waals surface area contributed by atoms with Crippen LogP contribution in [0.5, 0.6) is 0 Å². The molecule has 0 heterocycles. The first-order valence-corrected chi connectivity index (χ1v) is 8.56. The highest BCUT2D eigenvalue weighted by atomic mass is 35.5. The fraction of sp³-hybridized carbons (Fsp3) is 0.529. The Bertz CT molecular complexity index is 581. The summed E-state index contributed by atoms with van der Waals surface area (Å²) in [5, 5.41) is 3.78. The normalized spacial score (nSPS) is 17.2. The van der Waals surface area contributed by atoms with Crippen molar-refractivity contribution in [1.29, 1.82) is 0 Å². The molecule has 0 spiro atoms. The fourth-order valence-electron chi connectivity index (χ4n) is 3.05. The van der Waals surface area contributed by atoms with Gasteiger partial charge in [-0.2, -0.15) is 0 Å². The van der Waals surface area contributed by atoms with E-state index >= 15 is 0 Å². The monoisotopic (exact) mass is 357 g/mol. The lowest BCUT2D eigenvalue weighted by atomic mass is 9.89. The summed E-state index contributed by atoms with van der Waals surface area (Å²) in [4.78, 5) is 24.7. The van der Waals surface area contributed by atoms with E-state index in [0.717, 1.165) is 31.2 Å². The van der Waals surface area contributed by atoms with Crippen LogP contribution in [0.25, 0.3) is 0 Å². The number of amides is 1. The van der Waals surface area contributed by atoms with Gasteiger partial charge in [-0.25, -0.2) is 4.79 Å². The molecular weight excluding hydrogens is 337 g/mol. The molecule has 0 saturated heterocycles. The molecule has 0 aromatic heterocycles. The topological polar surface area (TPSA) is 55.4 Å². The van der Waals surface area contributed by atoms with Crippen LogP contribution >= 0.6 is 23.2 Å². The maximum Gasteiger partial charge on any atom is 0.331 e. The van der Waals surface area contributed by atoms with E-state index in [1.807, 2.05) is 0 Å². The van der Waals surface area contributed by atoms with Crippen LogP contribution in [0, 0.1) is 0 Å².